The third-order valence-electron chi connectivity index (χ3n) is 3.78. The number of halogens is 3. The normalized spacial score (nSPS) is 11.3. The van der Waals surface area contributed by atoms with E-state index in [-0.39, 0.29) is 13.1 Å². The highest BCUT2D eigenvalue weighted by Crippen LogP contribution is 2.25. The van der Waals surface area contributed by atoms with Gasteiger partial charge in [0.2, 0.25) is 5.82 Å². The Labute approximate surface area is 159 Å². The van der Waals surface area contributed by atoms with Gasteiger partial charge in [-0.3, -0.25) is 4.57 Å². The first-order chi connectivity index (χ1) is 13.2. The van der Waals surface area contributed by atoms with Crippen LogP contribution in [-0.2, 0) is 19.8 Å². The second-order valence-corrected chi connectivity index (χ2v) is 5.99. The average Bonchev–Trinajstić information content (AvgIpc) is 2.92. The third kappa shape index (κ3) is 5.76. The molecular formula is C17H22F3N5O3. The van der Waals surface area contributed by atoms with Crippen molar-refractivity contribution in [2.24, 2.45) is 7.05 Å². The second kappa shape index (κ2) is 9.29. The molecule has 0 spiro atoms. The summed E-state index contributed by atoms with van der Waals surface area (Å²) in [5, 5.41) is 8.30. The molecule has 0 aliphatic heterocycles. The second-order valence-electron chi connectivity index (χ2n) is 5.99. The molecular weight excluding hydrogens is 379 g/mol. The number of hydrogen-bond donors (Lipinski definition) is 2. The molecule has 0 saturated carbocycles. The molecule has 1 aromatic heterocycles. The standard InChI is InChI=1S/C17H22F3N5O3/c1-3-4-11-28-13-7-5-12(6-8-13)22-15(26)21-9-10-25-16(27)24(2)14(23-25)17(18,19)20/h5-8H,3-4,9-11H2,1-2H3,(H2,21,22,26). The molecule has 8 nitrogen and oxygen atoms in total. The zero-order chi connectivity index (χ0) is 20.7. The van der Waals surface area contributed by atoms with Gasteiger partial charge in [0.15, 0.2) is 0 Å². The van der Waals surface area contributed by atoms with Gasteiger partial charge >= 0.3 is 17.9 Å². The Morgan fingerprint density at radius 1 is 1.25 bits per heavy atom. The van der Waals surface area contributed by atoms with E-state index in [2.05, 4.69) is 22.7 Å². The number of amides is 2. The van der Waals surface area contributed by atoms with Crippen molar-refractivity contribution < 1.29 is 22.7 Å². The van der Waals surface area contributed by atoms with Crippen molar-refractivity contribution in [3.05, 3.63) is 40.6 Å². The lowest BCUT2D eigenvalue weighted by Crippen LogP contribution is -2.34. The summed E-state index contributed by atoms with van der Waals surface area (Å²) in [7, 11) is 0.990. The van der Waals surface area contributed by atoms with Crippen LogP contribution in [0.15, 0.2) is 29.1 Å². The highest BCUT2D eigenvalue weighted by atomic mass is 19.4. The fourth-order valence-electron chi connectivity index (χ4n) is 2.30. The number of urea groups is 1. The number of benzene rings is 1. The number of anilines is 1. The van der Waals surface area contributed by atoms with Gasteiger partial charge in [-0.25, -0.2) is 14.3 Å². The van der Waals surface area contributed by atoms with Gasteiger partial charge in [-0.05, 0) is 30.7 Å². The van der Waals surface area contributed by atoms with Crippen molar-refractivity contribution in [3.63, 3.8) is 0 Å². The molecule has 2 rings (SSSR count). The molecule has 0 radical (unpaired) electrons. The molecule has 0 saturated heterocycles. The van der Waals surface area contributed by atoms with E-state index < -0.39 is 23.7 Å². The quantitative estimate of drug-likeness (QED) is 0.666. The topological polar surface area (TPSA) is 90.2 Å². The Bertz CT molecular complexity index is 843. The van der Waals surface area contributed by atoms with Gasteiger partial charge in [-0.1, -0.05) is 13.3 Å². The maximum Gasteiger partial charge on any atom is 0.451 e. The largest absolute Gasteiger partial charge is 0.494 e. The van der Waals surface area contributed by atoms with Gasteiger partial charge in [0.05, 0.1) is 13.2 Å². The molecule has 28 heavy (non-hydrogen) atoms. The van der Waals surface area contributed by atoms with Gasteiger partial charge in [0, 0.05) is 19.3 Å². The molecule has 1 aromatic carbocycles. The van der Waals surface area contributed by atoms with Crippen LogP contribution in [0.25, 0.3) is 0 Å². The monoisotopic (exact) mass is 401 g/mol. The first kappa shape index (κ1) is 21.3. The molecule has 0 aliphatic rings. The lowest BCUT2D eigenvalue weighted by molar-refractivity contribution is -0.147. The maximum absolute atomic E-state index is 12.7. The van der Waals surface area contributed by atoms with Crippen molar-refractivity contribution in [1.82, 2.24) is 19.7 Å². The maximum atomic E-state index is 12.7. The van der Waals surface area contributed by atoms with Crippen LogP contribution in [0, 0.1) is 0 Å². The smallest absolute Gasteiger partial charge is 0.451 e. The van der Waals surface area contributed by atoms with Crippen LogP contribution in [0.2, 0.25) is 0 Å². The van der Waals surface area contributed by atoms with Gasteiger partial charge in [0.25, 0.3) is 0 Å². The van der Waals surface area contributed by atoms with E-state index in [1.807, 2.05) is 0 Å². The van der Waals surface area contributed by atoms with Crippen LogP contribution in [0.5, 0.6) is 5.75 Å². The minimum Gasteiger partial charge on any atom is -0.494 e. The zero-order valence-electron chi connectivity index (χ0n) is 15.5. The Morgan fingerprint density at radius 3 is 2.50 bits per heavy atom. The van der Waals surface area contributed by atoms with Gasteiger partial charge < -0.3 is 15.4 Å². The predicted molar refractivity (Wildman–Crippen MR) is 96.3 cm³/mol. The van der Waals surface area contributed by atoms with E-state index in [0.29, 0.717) is 27.3 Å². The first-order valence-electron chi connectivity index (χ1n) is 8.71. The fourth-order valence-corrected chi connectivity index (χ4v) is 2.30. The van der Waals surface area contributed by atoms with Gasteiger partial charge in [-0.2, -0.15) is 13.2 Å². The van der Waals surface area contributed by atoms with Crippen molar-refractivity contribution >= 4 is 11.7 Å². The Hall–Kier alpha value is -2.98. The lowest BCUT2D eigenvalue weighted by atomic mass is 10.3. The van der Waals surface area contributed by atoms with E-state index in [9.17, 15) is 22.8 Å². The number of aromatic nitrogens is 3. The zero-order valence-corrected chi connectivity index (χ0v) is 15.5. The highest BCUT2D eigenvalue weighted by molar-refractivity contribution is 5.89. The first-order valence-corrected chi connectivity index (χ1v) is 8.71. The molecule has 0 unspecified atom stereocenters. The number of hydrogen-bond acceptors (Lipinski definition) is 4. The number of unbranched alkanes of at least 4 members (excludes halogenated alkanes) is 1. The molecule has 2 N–H and O–H groups in total. The number of nitrogens with one attached hydrogen (secondary N) is 2. The lowest BCUT2D eigenvalue weighted by Gasteiger charge is -2.09. The highest BCUT2D eigenvalue weighted by Gasteiger charge is 2.37. The van der Waals surface area contributed by atoms with Crippen LogP contribution in [0.3, 0.4) is 0 Å². The van der Waals surface area contributed by atoms with Crippen LogP contribution in [-0.4, -0.2) is 33.5 Å². The summed E-state index contributed by atoms with van der Waals surface area (Å²) in [5.74, 6) is -0.599. The van der Waals surface area contributed by atoms with Crippen LogP contribution in [0.1, 0.15) is 25.6 Å². The van der Waals surface area contributed by atoms with Gasteiger partial charge in [-0.15, -0.1) is 5.10 Å². The summed E-state index contributed by atoms with van der Waals surface area (Å²) in [5.41, 5.74) is -0.386. The summed E-state index contributed by atoms with van der Waals surface area (Å²) >= 11 is 0. The van der Waals surface area contributed by atoms with Crippen LogP contribution in [0.4, 0.5) is 23.7 Å². The average molecular weight is 401 g/mol. The van der Waals surface area contributed by atoms with E-state index in [0.717, 1.165) is 19.9 Å². The molecule has 0 atom stereocenters. The number of rotatable bonds is 8. The van der Waals surface area contributed by atoms with E-state index in [4.69, 9.17) is 4.74 Å². The van der Waals surface area contributed by atoms with Crippen molar-refractivity contribution in [2.45, 2.75) is 32.5 Å². The van der Waals surface area contributed by atoms with E-state index in [1.165, 1.54) is 0 Å². The summed E-state index contributed by atoms with van der Waals surface area (Å²) in [6.45, 7) is 2.42. The number of alkyl halides is 3. The van der Waals surface area contributed by atoms with Crippen molar-refractivity contribution in [1.29, 1.82) is 0 Å². The molecule has 2 amide bonds. The van der Waals surface area contributed by atoms with Gasteiger partial charge in [0.1, 0.15) is 5.75 Å². The molecule has 2 aromatic rings. The third-order valence-corrected chi connectivity index (χ3v) is 3.78. The Morgan fingerprint density at radius 2 is 1.93 bits per heavy atom. The molecule has 11 heteroatoms. The number of carbonyl (C=O) groups is 1. The van der Waals surface area contributed by atoms with E-state index >= 15 is 0 Å². The Kier molecular flexibility index (Phi) is 7.07. The molecule has 1 heterocycles. The minimum atomic E-state index is -4.73. The molecule has 0 fully saturated rings. The van der Waals surface area contributed by atoms with E-state index in [1.54, 1.807) is 24.3 Å². The fraction of sp³-hybridized carbons (Fsp3) is 0.471. The predicted octanol–water partition coefficient (Wildman–Crippen LogP) is 2.60. The molecule has 154 valence electrons. The van der Waals surface area contributed by atoms with Crippen molar-refractivity contribution in [2.75, 3.05) is 18.5 Å². The molecule has 0 aliphatic carbocycles. The summed E-state index contributed by atoms with van der Waals surface area (Å²) < 4.78 is 44.8. The Balaban J connectivity index is 1.82. The summed E-state index contributed by atoms with van der Waals surface area (Å²) in [4.78, 5) is 23.6. The number of ether oxygens (including phenoxy) is 1. The van der Waals surface area contributed by atoms with Crippen LogP contribution >= 0.6 is 0 Å². The minimum absolute atomic E-state index is 0.0712. The van der Waals surface area contributed by atoms with Crippen molar-refractivity contribution in [3.8, 4) is 5.75 Å². The van der Waals surface area contributed by atoms with Crippen LogP contribution < -0.4 is 21.1 Å². The number of nitrogens with zero attached hydrogens (tertiary/aromatic N) is 3. The summed E-state index contributed by atoms with van der Waals surface area (Å²) in [6, 6.07) is 6.22. The summed E-state index contributed by atoms with van der Waals surface area (Å²) in [6.07, 6.45) is -2.75. The number of carbonyl (C=O) groups excluding carboxylic acids is 1. The molecule has 0 bridgehead atoms. The SMILES string of the molecule is CCCCOc1ccc(NC(=O)NCCn2nc(C(F)(F)F)n(C)c2=O)cc1.